The highest BCUT2D eigenvalue weighted by molar-refractivity contribution is 6.00. The van der Waals surface area contributed by atoms with Gasteiger partial charge in [0.15, 0.2) is 11.5 Å². The molecule has 226 valence electrons. The van der Waals surface area contributed by atoms with E-state index in [1.54, 1.807) is 25.1 Å². The number of likely N-dealkylation sites (N-methyl/N-ethyl adjacent to an activating group) is 1. The second kappa shape index (κ2) is 12.5. The van der Waals surface area contributed by atoms with E-state index in [4.69, 9.17) is 30.1 Å². The molecule has 2 atom stereocenters. The molecule has 43 heavy (non-hydrogen) atoms. The first kappa shape index (κ1) is 29.5. The summed E-state index contributed by atoms with van der Waals surface area (Å²) in [6.45, 7) is 3.35. The second-order valence-corrected chi connectivity index (χ2v) is 9.82. The Balaban J connectivity index is 1.50. The lowest BCUT2D eigenvalue weighted by molar-refractivity contribution is -0.145. The number of nitrogens with one attached hydrogen (secondary N) is 2. The molecule has 5 rings (SSSR count). The fourth-order valence-corrected chi connectivity index (χ4v) is 4.62. The van der Waals surface area contributed by atoms with Gasteiger partial charge in [-0.1, -0.05) is 12.1 Å². The van der Waals surface area contributed by atoms with Crippen LogP contribution < -0.4 is 25.3 Å². The molecule has 0 radical (unpaired) electrons. The van der Waals surface area contributed by atoms with Gasteiger partial charge in [0.2, 0.25) is 17.4 Å². The maximum Gasteiger partial charge on any atom is 0.323 e. The maximum atomic E-state index is 15.8. The molecule has 0 saturated carbocycles. The van der Waals surface area contributed by atoms with Gasteiger partial charge in [-0.15, -0.1) is 0 Å². The number of hydrogen-bond donors (Lipinski definition) is 4. The van der Waals surface area contributed by atoms with E-state index in [2.05, 4.69) is 15.3 Å². The number of benzene rings is 2. The van der Waals surface area contributed by atoms with Crippen molar-refractivity contribution < 1.29 is 37.6 Å². The van der Waals surface area contributed by atoms with Crippen LogP contribution in [0.25, 0.3) is 0 Å². The topological polar surface area (TPSA) is 165 Å². The fraction of sp³-hybridized carbons (Fsp3) is 0.310. The van der Waals surface area contributed by atoms with Crippen LogP contribution >= 0.6 is 0 Å². The van der Waals surface area contributed by atoms with Crippen molar-refractivity contribution in [2.45, 2.75) is 25.5 Å². The van der Waals surface area contributed by atoms with Crippen molar-refractivity contribution in [3.63, 3.8) is 0 Å². The summed E-state index contributed by atoms with van der Waals surface area (Å²) in [6, 6.07) is 9.79. The maximum absolute atomic E-state index is 15.8. The molecule has 2 aromatic carbocycles. The zero-order valence-corrected chi connectivity index (χ0v) is 23.4. The number of aliphatic imine (C=N–C) groups is 1. The molecule has 1 fully saturated rings. The summed E-state index contributed by atoms with van der Waals surface area (Å²) in [5.41, 5.74) is 6.44. The van der Waals surface area contributed by atoms with Gasteiger partial charge in [-0.25, -0.2) is 0 Å². The number of hydrogen-bond acceptors (Lipinski definition) is 11. The fourth-order valence-electron chi connectivity index (χ4n) is 4.62. The molecule has 14 heteroatoms. The molecule has 0 spiro atoms. The summed E-state index contributed by atoms with van der Waals surface area (Å²) in [5.74, 6) is -5.47. The Hall–Kier alpha value is -4.98. The van der Waals surface area contributed by atoms with Crippen molar-refractivity contribution in [3.05, 3.63) is 65.2 Å². The van der Waals surface area contributed by atoms with E-state index in [9.17, 15) is 9.90 Å². The van der Waals surface area contributed by atoms with Crippen LogP contribution in [0.2, 0.25) is 0 Å². The summed E-state index contributed by atoms with van der Waals surface area (Å²) in [5, 5.41) is 20.9. The quantitative estimate of drug-likeness (QED) is 0.155. The van der Waals surface area contributed by atoms with E-state index in [1.165, 1.54) is 18.2 Å². The lowest BCUT2D eigenvalue weighted by Gasteiger charge is -2.18. The van der Waals surface area contributed by atoms with Gasteiger partial charge in [0, 0.05) is 37.7 Å². The largest absolute Gasteiger partial charge is 0.504 e. The monoisotopic (exact) mass is 596 g/mol. The van der Waals surface area contributed by atoms with E-state index >= 15 is 8.78 Å². The average molecular weight is 597 g/mol. The van der Waals surface area contributed by atoms with Crippen molar-refractivity contribution in [1.82, 2.24) is 15.2 Å². The zero-order chi connectivity index (χ0) is 30.7. The first-order valence-electron chi connectivity index (χ1n) is 13.5. The van der Waals surface area contributed by atoms with Gasteiger partial charge in [0.25, 0.3) is 11.8 Å². The van der Waals surface area contributed by atoms with Crippen LogP contribution in [-0.2, 0) is 9.53 Å². The van der Waals surface area contributed by atoms with Gasteiger partial charge in [-0.05, 0) is 37.3 Å². The van der Waals surface area contributed by atoms with Crippen molar-refractivity contribution >= 4 is 17.6 Å². The lowest BCUT2D eigenvalue weighted by Crippen LogP contribution is -2.32. The molecule has 1 aromatic heterocycles. The zero-order valence-electron chi connectivity index (χ0n) is 23.4. The van der Waals surface area contributed by atoms with Gasteiger partial charge in [-0.3, -0.25) is 15.2 Å². The number of nitrogens with two attached hydrogens (primary N) is 1. The smallest absolute Gasteiger partial charge is 0.323 e. The van der Waals surface area contributed by atoms with E-state index < -0.39 is 53.0 Å². The highest BCUT2D eigenvalue weighted by Gasteiger charge is 2.35. The Morgan fingerprint density at radius 2 is 1.95 bits per heavy atom. The molecule has 2 unspecified atom stereocenters. The number of phenolic OH excluding ortho intramolecular Hbond substituents is 1. The number of halogens is 2. The summed E-state index contributed by atoms with van der Waals surface area (Å²) in [6.07, 6.45) is -0.721. The molecule has 0 aliphatic carbocycles. The van der Waals surface area contributed by atoms with Crippen LogP contribution in [0.4, 0.5) is 8.78 Å². The third kappa shape index (κ3) is 6.43. The van der Waals surface area contributed by atoms with Gasteiger partial charge >= 0.3 is 5.97 Å². The number of aromatic hydroxyl groups is 1. The molecule has 12 nitrogen and oxygen atoms in total. The molecule has 0 bridgehead atoms. The minimum atomic E-state index is -1.31. The molecule has 2 aliphatic heterocycles. The third-order valence-electron chi connectivity index (χ3n) is 6.77. The predicted molar refractivity (Wildman–Crippen MR) is 151 cm³/mol. The number of esters is 1. The number of phenols is 1. The number of amidine groups is 2. The van der Waals surface area contributed by atoms with Crippen molar-refractivity contribution in [2.75, 3.05) is 33.3 Å². The number of rotatable bonds is 10. The molecular formula is C29H30F2N6O6. The first-order valence-corrected chi connectivity index (χ1v) is 13.5. The van der Waals surface area contributed by atoms with Crippen LogP contribution in [0, 0.1) is 17.0 Å². The summed E-state index contributed by atoms with van der Waals surface area (Å²) in [4.78, 5) is 22.5. The molecule has 2 aliphatic rings. The van der Waals surface area contributed by atoms with Crippen LogP contribution in [0.3, 0.4) is 0 Å². The Kier molecular flexibility index (Phi) is 8.57. The number of carbonyl (C=O) groups excluding carboxylic acids is 1. The summed E-state index contributed by atoms with van der Waals surface area (Å²) >= 11 is 0. The number of nitrogen functional groups attached to an aromatic ring is 1. The Morgan fingerprint density at radius 1 is 1.19 bits per heavy atom. The van der Waals surface area contributed by atoms with Gasteiger partial charge in [-0.2, -0.15) is 13.8 Å². The average Bonchev–Trinajstić information content (AvgIpc) is 3.64. The number of aromatic nitrogens is 1. The Labute approximate surface area is 245 Å². The minimum absolute atomic E-state index is 0.0888. The Morgan fingerprint density at radius 3 is 2.65 bits per heavy atom. The van der Waals surface area contributed by atoms with Crippen LogP contribution in [0.1, 0.15) is 24.5 Å². The molecule has 5 N–H and O–H groups in total. The van der Waals surface area contributed by atoms with E-state index in [-0.39, 0.29) is 42.5 Å². The van der Waals surface area contributed by atoms with Gasteiger partial charge in [0.1, 0.15) is 29.6 Å². The highest BCUT2D eigenvalue weighted by Crippen LogP contribution is 2.40. The molecule has 0 amide bonds. The lowest BCUT2D eigenvalue weighted by atomic mass is 10.2. The summed E-state index contributed by atoms with van der Waals surface area (Å²) < 4.78 is 53.7. The number of pyridine rings is 1. The molecular weight excluding hydrogens is 566 g/mol. The SMILES string of the molecule is CCOC(=O)C1CC(Oc2c(F)c(Oc3cccc(C4=NCCN4C)c3)nc(Oc3cc(C(=N)N)ccc3O)c2F)CN1. The number of nitrogens with zero attached hydrogens (tertiary/aromatic N) is 3. The van der Waals surface area contributed by atoms with Crippen LogP contribution in [0.15, 0.2) is 47.5 Å². The third-order valence-corrected chi connectivity index (χ3v) is 6.77. The van der Waals surface area contributed by atoms with Crippen molar-refractivity contribution in [1.29, 1.82) is 5.41 Å². The molecule has 1 saturated heterocycles. The second-order valence-electron chi connectivity index (χ2n) is 9.82. The minimum Gasteiger partial charge on any atom is -0.504 e. The van der Waals surface area contributed by atoms with Crippen LogP contribution in [0.5, 0.6) is 34.8 Å². The number of ether oxygens (including phenoxy) is 4. The standard InChI is InChI=1S/C29H30F2N6O6/c1-3-40-29(39)19-13-18(14-35-19)41-24-22(30)27(42-17-6-4-5-16(11-17)26-34-9-10-37(26)2)36-28(23(24)31)43-21-12-15(25(32)33)7-8-20(21)38/h4-8,11-12,18-19,35,38H,3,9-10,13-14H2,1-2H3,(H3,32,33). The first-order chi connectivity index (χ1) is 20.6. The Bertz CT molecular complexity index is 1590. The number of carbonyl (C=O) groups is 1. The van der Waals surface area contributed by atoms with E-state index in [0.717, 1.165) is 17.9 Å². The normalized spacial score (nSPS) is 17.9. The van der Waals surface area contributed by atoms with E-state index in [1.807, 2.05) is 18.0 Å². The molecule has 3 heterocycles. The van der Waals surface area contributed by atoms with E-state index in [0.29, 0.717) is 6.54 Å². The van der Waals surface area contributed by atoms with Crippen LogP contribution in [-0.4, -0.2) is 78.1 Å². The molecule has 3 aromatic rings. The van der Waals surface area contributed by atoms with Crippen molar-refractivity contribution in [3.8, 4) is 34.8 Å². The van der Waals surface area contributed by atoms with Gasteiger partial charge < -0.3 is 40.0 Å². The highest BCUT2D eigenvalue weighted by atomic mass is 19.1. The summed E-state index contributed by atoms with van der Waals surface area (Å²) in [7, 11) is 1.90. The van der Waals surface area contributed by atoms with Gasteiger partial charge in [0.05, 0.1) is 13.2 Å². The predicted octanol–water partition coefficient (Wildman–Crippen LogP) is 3.30. The van der Waals surface area contributed by atoms with Crippen molar-refractivity contribution in [2.24, 2.45) is 10.7 Å².